The fourth-order valence-electron chi connectivity index (χ4n) is 3.47. The number of aryl methyl sites for hydroxylation is 2. The standard InChI is InChI=1S/C21H21ClN6O4/c1-12-16-9-13(11-23-18(16)27(2)26-12)19(29)25-21(31)24-14-3-4-15(17(22)10-14)20(30)28-5-7-32-8-6-28/h3-4,9-11H,5-8H2,1-2H3,(H2,24,25,29,31). The van der Waals surface area contributed by atoms with Gasteiger partial charge in [0.05, 0.1) is 35.1 Å². The van der Waals surface area contributed by atoms with Gasteiger partial charge in [0.2, 0.25) is 0 Å². The fraction of sp³-hybridized carbons (Fsp3) is 0.286. The third-order valence-electron chi connectivity index (χ3n) is 5.11. The van der Waals surface area contributed by atoms with E-state index in [2.05, 4.69) is 20.7 Å². The number of morpholine rings is 1. The van der Waals surface area contributed by atoms with Crippen LogP contribution >= 0.6 is 11.6 Å². The van der Waals surface area contributed by atoms with Gasteiger partial charge < -0.3 is 15.0 Å². The lowest BCUT2D eigenvalue weighted by atomic mass is 10.1. The van der Waals surface area contributed by atoms with Gasteiger partial charge in [-0.05, 0) is 31.2 Å². The number of ether oxygens (including phenoxy) is 1. The molecule has 1 aromatic carbocycles. The van der Waals surface area contributed by atoms with Crippen molar-refractivity contribution in [3.05, 3.63) is 52.3 Å². The van der Waals surface area contributed by atoms with Crippen LogP contribution in [0.5, 0.6) is 0 Å². The van der Waals surface area contributed by atoms with Gasteiger partial charge in [0, 0.05) is 37.4 Å². The van der Waals surface area contributed by atoms with Crippen molar-refractivity contribution in [1.82, 2.24) is 25.0 Å². The molecular formula is C21H21ClN6O4. The molecule has 0 spiro atoms. The maximum absolute atomic E-state index is 12.6. The quantitative estimate of drug-likeness (QED) is 0.624. The second-order valence-corrected chi connectivity index (χ2v) is 7.72. The maximum Gasteiger partial charge on any atom is 0.326 e. The van der Waals surface area contributed by atoms with Crippen LogP contribution in [-0.4, -0.2) is 63.8 Å². The number of halogens is 1. The van der Waals surface area contributed by atoms with E-state index in [-0.39, 0.29) is 16.5 Å². The van der Waals surface area contributed by atoms with Gasteiger partial charge in [-0.1, -0.05) is 11.6 Å². The Labute approximate surface area is 188 Å². The van der Waals surface area contributed by atoms with Crippen LogP contribution in [0.25, 0.3) is 11.0 Å². The Bertz CT molecular complexity index is 1220. The minimum Gasteiger partial charge on any atom is -0.378 e. The molecule has 166 valence electrons. The normalized spacial score (nSPS) is 13.8. The summed E-state index contributed by atoms with van der Waals surface area (Å²) in [4.78, 5) is 43.3. The first-order chi connectivity index (χ1) is 15.3. The minimum absolute atomic E-state index is 0.196. The summed E-state index contributed by atoms with van der Waals surface area (Å²) in [5.74, 6) is -0.802. The number of carbonyl (C=O) groups is 3. The number of hydrogen-bond donors (Lipinski definition) is 2. The van der Waals surface area contributed by atoms with Crippen molar-refractivity contribution < 1.29 is 19.1 Å². The third kappa shape index (κ3) is 4.41. The lowest BCUT2D eigenvalue weighted by molar-refractivity contribution is 0.0303. The van der Waals surface area contributed by atoms with Crippen molar-refractivity contribution in [2.24, 2.45) is 7.05 Å². The molecule has 4 rings (SSSR count). The molecule has 1 fully saturated rings. The van der Waals surface area contributed by atoms with E-state index < -0.39 is 11.9 Å². The lowest BCUT2D eigenvalue weighted by Crippen LogP contribution is -2.40. The summed E-state index contributed by atoms with van der Waals surface area (Å²) in [6, 6.07) is 5.46. The molecule has 11 heteroatoms. The van der Waals surface area contributed by atoms with E-state index in [0.717, 1.165) is 11.1 Å². The van der Waals surface area contributed by atoms with Crippen LogP contribution in [0, 0.1) is 6.92 Å². The zero-order valence-electron chi connectivity index (χ0n) is 17.5. The average Bonchev–Trinajstić information content (AvgIpc) is 3.07. The minimum atomic E-state index is -0.735. The number of rotatable bonds is 3. The van der Waals surface area contributed by atoms with Crippen LogP contribution in [-0.2, 0) is 11.8 Å². The first-order valence-electron chi connectivity index (χ1n) is 9.92. The number of benzene rings is 1. The molecule has 32 heavy (non-hydrogen) atoms. The Morgan fingerprint density at radius 3 is 2.62 bits per heavy atom. The highest BCUT2D eigenvalue weighted by molar-refractivity contribution is 6.34. The van der Waals surface area contributed by atoms with E-state index in [1.165, 1.54) is 12.3 Å². The van der Waals surface area contributed by atoms with Crippen molar-refractivity contribution in [2.45, 2.75) is 6.92 Å². The maximum atomic E-state index is 12.6. The van der Waals surface area contributed by atoms with Gasteiger partial charge in [0.15, 0.2) is 5.65 Å². The molecule has 3 aromatic rings. The SMILES string of the molecule is Cc1nn(C)c2ncc(C(=O)NC(=O)Nc3ccc(C(=O)N4CCOCC4)c(Cl)c3)cc12. The first kappa shape index (κ1) is 21.7. The highest BCUT2D eigenvalue weighted by Gasteiger charge is 2.21. The molecule has 2 aromatic heterocycles. The van der Waals surface area contributed by atoms with Crippen LogP contribution in [0.2, 0.25) is 5.02 Å². The summed E-state index contributed by atoms with van der Waals surface area (Å²) < 4.78 is 6.87. The summed E-state index contributed by atoms with van der Waals surface area (Å²) in [5.41, 5.74) is 2.28. The number of nitrogens with zero attached hydrogens (tertiary/aromatic N) is 4. The first-order valence-corrected chi connectivity index (χ1v) is 10.3. The predicted octanol–water partition coefficient (Wildman–Crippen LogP) is 2.36. The summed E-state index contributed by atoms with van der Waals surface area (Å²) in [5, 5.41) is 9.99. The Kier molecular flexibility index (Phi) is 6.06. The number of aromatic nitrogens is 3. The largest absolute Gasteiger partial charge is 0.378 e. The van der Waals surface area contributed by atoms with Gasteiger partial charge in [0.25, 0.3) is 11.8 Å². The van der Waals surface area contributed by atoms with Gasteiger partial charge >= 0.3 is 6.03 Å². The molecule has 0 radical (unpaired) electrons. The molecular weight excluding hydrogens is 436 g/mol. The summed E-state index contributed by atoms with van der Waals surface area (Å²) in [6.45, 7) is 3.79. The average molecular weight is 457 g/mol. The molecule has 3 heterocycles. The van der Waals surface area contributed by atoms with E-state index in [0.29, 0.717) is 43.2 Å². The lowest BCUT2D eigenvalue weighted by Gasteiger charge is -2.27. The summed E-state index contributed by atoms with van der Waals surface area (Å²) in [6.07, 6.45) is 1.38. The number of fused-ring (bicyclic) bond motifs is 1. The molecule has 1 aliphatic heterocycles. The zero-order chi connectivity index (χ0) is 22.8. The van der Waals surface area contributed by atoms with E-state index >= 15 is 0 Å². The van der Waals surface area contributed by atoms with E-state index in [1.807, 2.05) is 6.92 Å². The number of anilines is 1. The van der Waals surface area contributed by atoms with Crippen LogP contribution in [0.3, 0.4) is 0 Å². The smallest absolute Gasteiger partial charge is 0.326 e. The molecule has 0 atom stereocenters. The molecule has 0 saturated carbocycles. The van der Waals surface area contributed by atoms with Crippen molar-refractivity contribution >= 4 is 46.2 Å². The topological polar surface area (TPSA) is 118 Å². The van der Waals surface area contributed by atoms with E-state index in [4.69, 9.17) is 16.3 Å². The number of imide groups is 1. The van der Waals surface area contributed by atoms with Crippen molar-refractivity contribution in [3.63, 3.8) is 0 Å². The highest BCUT2D eigenvalue weighted by Crippen LogP contribution is 2.23. The number of urea groups is 1. The van der Waals surface area contributed by atoms with Gasteiger partial charge in [-0.2, -0.15) is 5.10 Å². The molecule has 1 aliphatic rings. The van der Waals surface area contributed by atoms with Gasteiger partial charge in [-0.3, -0.25) is 19.6 Å². The molecule has 4 amide bonds. The van der Waals surface area contributed by atoms with Crippen LogP contribution in [0.1, 0.15) is 26.4 Å². The fourth-order valence-corrected chi connectivity index (χ4v) is 3.73. The van der Waals surface area contributed by atoms with Gasteiger partial charge in [0.1, 0.15) is 0 Å². The number of nitrogens with one attached hydrogen (secondary N) is 2. The third-order valence-corrected chi connectivity index (χ3v) is 5.42. The zero-order valence-corrected chi connectivity index (χ0v) is 18.3. The Hall–Kier alpha value is -3.50. The second-order valence-electron chi connectivity index (χ2n) is 7.31. The second kappa shape index (κ2) is 8.93. The summed E-state index contributed by atoms with van der Waals surface area (Å²) >= 11 is 6.27. The number of hydrogen-bond acceptors (Lipinski definition) is 6. The predicted molar refractivity (Wildman–Crippen MR) is 118 cm³/mol. The monoisotopic (exact) mass is 456 g/mol. The van der Waals surface area contributed by atoms with Crippen molar-refractivity contribution in [2.75, 3.05) is 31.6 Å². The Morgan fingerprint density at radius 2 is 1.91 bits per heavy atom. The molecule has 1 saturated heterocycles. The highest BCUT2D eigenvalue weighted by atomic mass is 35.5. The molecule has 0 aliphatic carbocycles. The molecule has 0 unspecified atom stereocenters. The summed E-state index contributed by atoms with van der Waals surface area (Å²) in [7, 11) is 1.76. The molecule has 2 N–H and O–H groups in total. The van der Waals surface area contributed by atoms with Crippen molar-refractivity contribution in [1.29, 1.82) is 0 Å². The van der Waals surface area contributed by atoms with Crippen LogP contribution in [0.15, 0.2) is 30.5 Å². The van der Waals surface area contributed by atoms with Crippen LogP contribution < -0.4 is 10.6 Å². The van der Waals surface area contributed by atoms with Gasteiger partial charge in [-0.25, -0.2) is 9.78 Å². The number of carbonyl (C=O) groups excluding carboxylic acids is 3. The van der Waals surface area contributed by atoms with Crippen molar-refractivity contribution in [3.8, 4) is 0 Å². The number of amides is 4. The number of pyridine rings is 1. The van der Waals surface area contributed by atoms with E-state index in [1.54, 1.807) is 34.8 Å². The van der Waals surface area contributed by atoms with Gasteiger partial charge in [-0.15, -0.1) is 0 Å². The van der Waals surface area contributed by atoms with Crippen LogP contribution in [0.4, 0.5) is 10.5 Å². The Balaban J connectivity index is 1.41. The Morgan fingerprint density at radius 1 is 1.16 bits per heavy atom. The van der Waals surface area contributed by atoms with E-state index in [9.17, 15) is 14.4 Å². The molecule has 10 nitrogen and oxygen atoms in total. The molecule has 0 bridgehead atoms.